The SMILES string of the molecule is COc1cccc(CCN(CC(=O)Nc2ccccc2C(C)(C)C)C(C)=O)c1. The first-order chi connectivity index (χ1) is 13.2. The molecule has 0 unspecified atom stereocenters. The van der Waals surface area contributed by atoms with Gasteiger partial charge in [0.1, 0.15) is 5.75 Å². The molecule has 0 atom stereocenters. The Kier molecular flexibility index (Phi) is 7.21. The Bertz CT molecular complexity index is 825. The number of ether oxygens (including phenoxy) is 1. The first-order valence-corrected chi connectivity index (χ1v) is 9.48. The van der Waals surface area contributed by atoms with E-state index < -0.39 is 0 Å². The van der Waals surface area contributed by atoms with Crippen LogP contribution in [-0.2, 0) is 21.4 Å². The molecule has 150 valence electrons. The monoisotopic (exact) mass is 382 g/mol. The van der Waals surface area contributed by atoms with Gasteiger partial charge in [0.05, 0.1) is 13.7 Å². The largest absolute Gasteiger partial charge is 0.497 e. The number of nitrogens with zero attached hydrogens (tertiary/aromatic N) is 1. The van der Waals surface area contributed by atoms with Crippen LogP contribution in [0.1, 0.15) is 38.8 Å². The summed E-state index contributed by atoms with van der Waals surface area (Å²) >= 11 is 0. The van der Waals surface area contributed by atoms with Crippen molar-refractivity contribution in [3.8, 4) is 5.75 Å². The van der Waals surface area contributed by atoms with Gasteiger partial charge in [-0.3, -0.25) is 9.59 Å². The number of hydrogen-bond donors (Lipinski definition) is 1. The summed E-state index contributed by atoms with van der Waals surface area (Å²) in [7, 11) is 1.63. The maximum Gasteiger partial charge on any atom is 0.244 e. The molecule has 0 fully saturated rings. The first-order valence-electron chi connectivity index (χ1n) is 9.48. The molecule has 5 nitrogen and oxygen atoms in total. The fraction of sp³-hybridized carbons (Fsp3) is 0.391. The fourth-order valence-corrected chi connectivity index (χ4v) is 3.05. The van der Waals surface area contributed by atoms with Crippen molar-refractivity contribution in [1.29, 1.82) is 0 Å². The van der Waals surface area contributed by atoms with Gasteiger partial charge in [-0.15, -0.1) is 0 Å². The molecular weight excluding hydrogens is 352 g/mol. The number of hydrogen-bond acceptors (Lipinski definition) is 3. The predicted octanol–water partition coefficient (Wildman–Crippen LogP) is 4.02. The van der Waals surface area contributed by atoms with Crippen molar-refractivity contribution in [1.82, 2.24) is 4.90 Å². The minimum absolute atomic E-state index is 0.0256. The summed E-state index contributed by atoms with van der Waals surface area (Å²) in [6.07, 6.45) is 0.655. The minimum atomic E-state index is -0.197. The molecule has 0 heterocycles. The molecule has 0 spiro atoms. The van der Waals surface area contributed by atoms with Crippen molar-refractivity contribution < 1.29 is 14.3 Å². The molecule has 0 bridgehead atoms. The Morgan fingerprint density at radius 3 is 2.43 bits per heavy atom. The fourth-order valence-electron chi connectivity index (χ4n) is 3.05. The summed E-state index contributed by atoms with van der Waals surface area (Å²) in [5.41, 5.74) is 2.82. The number of anilines is 1. The van der Waals surface area contributed by atoms with Crippen molar-refractivity contribution in [2.45, 2.75) is 39.5 Å². The number of rotatable bonds is 7. The van der Waals surface area contributed by atoms with Crippen LogP contribution >= 0.6 is 0 Å². The number of methoxy groups -OCH3 is 1. The third kappa shape index (κ3) is 6.12. The zero-order valence-corrected chi connectivity index (χ0v) is 17.4. The highest BCUT2D eigenvalue weighted by atomic mass is 16.5. The number of amides is 2. The number of nitrogens with one attached hydrogen (secondary N) is 1. The van der Waals surface area contributed by atoms with E-state index in [1.807, 2.05) is 48.5 Å². The van der Waals surface area contributed by atoms with Gasteiger partial charge in [0.25, 0.3) is 0 Å². The summed E-state index contributed by atoms with van der Waals surface area (Å²) < 4.78 is 5.23. The standard InChI is InChI=1S/C23H30N2O3/c1-17(26)25(14-13-18-9-8-10-19(15-18)28-5)16-22(27)24-21-12-7-6-11-20(21)23(2,3)4/h6-12,15H,13-14,16H2,1-5H3,(H,24,27). The third-order valence-corrected chi connectivity index (χ3v) is 4.59. The van der Waals surface area contributed by atoms with Gasteiger partial charge in [-0.2, -0.15) is 0 Å². The highest BCUT2D eigenvalue weighted by Crippen LogP contribution is 2.29. The smallest absolute Gasteiger partial charge is 0.244 e. The zero-order valence-electron chi connectivity index (χ0n) is 17.4. The molecule has 1 N–H and O–H groups in total. The van der Waals surface area contributed by atoms with Crippen LogP contribution in [0.5, 0.6) is 5.75 Å². The maximum absolute atomic E-state index is 12.6. The van der Waals surface area contributed by atoms with Crippen molar-refractivity contribution in [3.63, 3.8) is 0 Å². The lowest BCUT2D eigenvalue weighted by Gasteiger charge is -2.24. The molecule has 0 saturated carbocycles. The van der Waals surface area contributed by atoms with Gasteiger partial charge in [0, 0.05) is 19.2 Å². The van der Waals surface area contributed by atoms with Gasteiger partial charge >= 0.3 is 0 Å². The second kappa shape index (κ2) is 9.40. The number of carbonyl (C=O) groups is 2. The van der Waals surface area contributed by atoms with E-state index in [0.717, 1.165) is 22.6 Å². The van der Waals surface area contributed by atoms with E-state index in [-0.39, 0.29) is 23.8 Å². The number of para-hydroxylation sites is 1. The Hall–Kier alpha value is -2.82. The summed E-state index contributed by atoms with van der Waals surface area (Å²) in [5, 5.41) is 2.97. The third-order valence-electron chi connectivity index (χ3n) is 4.59. The maximum atomic E-state index is 12.6. The Morgan fingerprint density at radius 2 is 1.79 bits per heavy atom. The molecule has 2 aromatic rings. The van der Waals surface area contributed by atoms with Gasteiger partial charge in [0.2, 0.25) is 11.8 Å². The first kappa shape index (κ1) is 21.5. The highest BCUT2D eigenvalue weighted by molar-refractivity contribution is 5.95. The lowest BCUT2D eigenvalue weighted by molar-refractivity contribution is -0.132. The average Bonchev–Trinajstić information content (AvgIpc) is 2.64. The lowest BCUT2D eigenvalue weighted by Crippen LogP contribution is -2.38. The zero-order chi connectivity index (χ0) is 20.7. The Balaban J connectivity index is 2.02. The van der Waals surface area contributed by atoms with E-state index in [0.29, 0.717) is 13.0 Å². The van der Waals surface area contributed by atoms with Crippen molar-refractivity contribution in [2.24, 2.45) is 0 Å². The number of benzene rings is 2. The molecule has 2 amide bonds. The van der Waals surface area contributed by atoms with Crippen LogP contribution in [0, 0.1) is 0 Å². The van der Waals surface area contributed by atoms with E-state index in [9.17, 15) is 9.59 Å². The average molecular weight is 383 g/mol. The van der Waals surface area contributed by atoms with Crippen molar-refractivity contribution in [2.75, 3.05) is 25.5 Å². The summed E-state index contributed by atoms with van der Waals surface area (Å²) in [5.74, 6) is 0.461. The molecule has 0 aromatic heterocycles. The van der Waals surface area contributed by atoms with Crippen LogP contribution in [0.15, 0.2) is 48.5 Å². The van der Waals surface area contributed by atoms with E-state index in [4.69, 9.17) is 4.74 Å². The summed E-state index contributed by atoms with van der Waals surface area (Å²) in [4.78, 5) is 26.2. The number of carbonyl (C=O) groups excluding carboxylic acids is 2. The normalized spacial score (nSPS) is 11.0. The van der Waals surface area contributed by atoms with Crippen LogP contribution < -0.4 is 10.1 Å². The van der Waals surface area contributed by atoms with Crippen LogP contribution in [0.2, 0.25) is 0 Å². The molecule has 0 aliphatic rings. The van der Waals surface area contributed by atoms with Gasteiger partial charge in [-0.1, -0.05) is 51.1 Å². The van der Waals surface area contributed by atoms with Gasteiger partial charge in [-0.25, -0.2) is 0 Å². The molecule has 2 aromatic carbocycles. The van der Waals surface area contributed by atoms with Gasteiger partial charge in [0.15, 0.2) is 0 Å². The Labute approximate surface area is 167 Å². The molecular formula is C23H30N2O3. The van der Waals surface area contributed by atoms with E-state index >= 15 is 0 Å². The lowest BCUT2D eigenvalue weighted by atomic mass is 9.86. The molecule has 0 aliphatic carbocycles. The van der Waals surface area contributed by atoms with Crippen LogP contribution in [0.3, 0.4) is 0 Å². The molecule has 0 aliphatic heterocycles. The Morgan fingerprint density at radius 1 is 1.07 bits per heavy atom. The highest BCUT2D eigenvalue weighted by Gasteiger charge is 2.20. The van der Waals surface area contributed by atoms with Crippen LogP contribution in [0.25, 0.3) is 0 Å². The molecule has 0 radical (unpaired) electrons. The molecule has 28 heavy (non-hydrogen) atoms. The molecule has 5 heteroatoms. The molecule has 0 saturated heterocycles. The second-order valence-corrected chi connectivity index (χ2v) is 7.89. The van der Waals surface area contributed by atoms with Crippen molar-refractivity contribution in [3.05, 3.63) is 59.7 Å². The molecule has 2 rings (SSSR count). The van der Waals surface area contributed by atoms with Crippen molar-refractivity contribution >= 4 is 17.5 Å². The van der Waals surface area contributed by atoms with Crippen LogP contribution in [-0.4, -0.2) is 36.9 Å². The minimum Gasteiger partial charge on any atom is -0.497 e. The van der Waals surface area contributed by atoms with E-state index in [1.165, 1.54) is 6.92 Å². The summed E-state index contributed by atoms with van der Waals surface area (Å²) in [6, 6.07) is 15.5. The van der Waals surface area contributed by atoms with Crippen LogP contribution in [0.4, 0.5) is 5.69 Å². The quantitative estimate of drug-likeness (QED) is 0.787. The topological polar surface area (TPSA) is 58.6 Å². The van der Waals surface area contributed by atoms with E-state index in [1.54, 1.807) is 12.0 Å². The second-order valence-electron chi connectivity index (χ2n) is 7.89. The van der Waals surface area contributed by atoms with Gasteiger partial charge in [-0.05, 0) is 41.2 Å². The van der Waals surface area contributed by atoms with Gasteiger partial charge < -0.3 is 15.0 Å². The summed E-state index contributed by atoms with van der Waals surface area (Å²) in [6.45, 7) is 8.30. The predicted molar refractivity (Wildman–Crippen MR) is 113 cm³/mol. The van der Waals surface area contributed by atoms with E-state index in [2.05, 4.69) is 26.1 Å².